The van der Waals surface area contributed by atoms with Crippen LogP contribution in [-0.2, 0) is 9.59 Å². The number of likely N-dealkylation sites (tertiary alicyclic amines) is 1. The summed E-state index contributed by atoms with van der Waals surface area (Å²) >= 11 is 0. The molecule has 0 aromatic carbocycles. The second kappa shape index (κ2) is 7.12. The number of rotatable bonds is 6. The van der Waals surface area contributed by atoms with Gasteiger partial charge < -0.3 is 21.1 Å². The van der Waals surface area contributed by atoms with Crippen molar-refractivity contribution in [2.75, 3.05) is 0 Å². The number of carbonyl (C=O) groups excluding carboxylic acids is 2. The Hall–Kier alpha value is -1.79. The van der Waals surface area contributed by atoms with Gasteiger partial charge in [0.2, 0.25) is 5.91 Å². The normalized spacial score (nSPS) is 23.4. The van der Waals surface area contributed by atoms with E-state index in [2.05, 4.69) is 5.32 Å². The number of hydrogen-bond acceptors (Lipinski definition) is 3. The zero-order chi connectivity index (χ0) is 15.3. The quantitative estimate of drug-likeness (QED) is 0.666. The number of nitrogens with two attached hydrogens (primary N) is 1. The zero-order valence-corrected chi connectivity index (χ0v) is 12.0. The molecule has 0 bridgehead atoms. The minimum Gasteiger partial charge on any atom is -0.480 e. The second-order valence-electron chi connectivity index (χ2n) is 5.24. The number of urea groups is 1. The van der Waals surface area contributed by atoms with Crippen molar-refractivity contribution in [2.24, 2.45) is 5.73 Å². The number of primary amides is 1. The Balaban J connectivity index is 2.65. The first kappa shape index (κ1) is 16.3. The topological polar surface area (TPSA) is 113 Å². The maximum Gasteiger partial charge on any atom is 0.326 e. The number of carbonyl (C=O) groups is 3. The van der Waals surface area contributed by atoms with Crippen LogP contribution in [0.5, 0.6) is 0 Å². The summed E-state index contributed by atoms with van der Waals surface area (Å²) in [5.41, 5.74) is 5.00. The van der Waals surface area contributed by atoms with Gasteiger partial charge in [0.1, 0.15) is 6.04 Å². The average Bonchev–Trinajstić information content (AvgIpc) is 2.74. The molecule has 3 unspecified atom stereocenters. The lowest BCUT2D eigenvalue weighted by molar-refractivity contribution is -0.139. The molecular formula is C13H23N3O4. The third kappa shape index (κ3) is 4.11. The van der Waals surface area contributed by atoms with Gasteiger partial charge in [0, 0.05) is 18.5 Å². The van der Waals surface area contributed by atoms with E-state index < -0.39 is 17.9 Å². The molecule has 1 aliphatic rings. The van der Waals surface area contributed by atoms with Crippen molar-refractivity contribution in [3.8, 4) is 0 Å². The number of aliphatic carboxylic acids is 1. The summed E-state index contributed by atoms with van der Waals surface area (Å²) in [6.07, 6.45) is 2.64. The van der Waals surface area contributed by atoms with E-state index in [4.69, 9.17) is 10.8 Å². The smallest absolute Gasteiger partial charge is 0.326 e. The molecule has 0 spiro atoms. The SMILES string of the molecule is CCC1CCC(C)N1C(=O)NC(CCC(N)=O)C(=O)O. The molecule has 20 heavy (non-hydrogen) atoms. The van der Waals surface area contributed by atoms with Crippen molar-refractivity contribution in [3.05, 3.63) is 0 Å². The number of carboxylic acid groups (broad SMARTS) is 1. The van der Waals surface area contributed by atoms with Gasteiger partial charge >= 0.3 is 12.0 Å². The summed E-state index contributed by atoms with van der Waals surface area (Å²) in [5, 5.41) is 11.6. The highest BCUT2D eigenvalue weighted by molar-refractivity contribution is 5.83. The van der Waals surface area contributed by atoms with Crippen LogP contribution in [0.3, 0.4) is 0 Å². The second-order valence-corrected chi connectivity index (χ2v) is 5.24. The van der Waals surface area contributed by atoms with E-state index in [0.29, 0.717) is 0 Å². The first-order chi connectivity index (χ1) is 9.36. The van der Waals surface area contributed by atoms with Gasteiger partial charge in [0.25, 0.3) is 0 Å². The van der Waals surface area contributed by atoms with E-state index in [1.54, 1.807) is 4.90 Å². The van der Waals surface area contributed by atoms with Crippen LogP contribution in [0.4, 0.5) is 4.79 Å². The van der Waals surface area contributed by atoms with Crippen molar-refractivity contribution in [2.45, 2.75) is 64.1 Å². The molecule has 0 saturated carbocycles. The molecule has 4 N–H and O–H groups in total. The Labute approximate surface area is 118 Å². The van der Waals surface area contributed by atoms with Crippen molar-refractivity contribution < 1.29 is 19.5 Å². The molecule has 3 amide bonds. The molecule has 1 aliphatic heterocycles. The zero-order valence-electron chi connectivity index (χ0n) is 12.0. The van der Waals surface area contributed by atoms with Gasteiger partial charge in [-0.2, -0.15) is 0 Å². The van der Waals surface area contributed by atoms with Crippen LogP contribution >= 0.6 is 0 Å². The van der Waals surface area contributed by atoms with E-state index >= 15 is 0 Å². The van der Waals surface area contributed by atoms with Crippen molar-refractivity contribution in [1.29, 1.82) is 0 Å². The fourth-order valence-corrected chi connectivity index (χ4v) is 2.61. The Morgan fingerprint density at radius 3 is 2.55 bits per heavy atom. The molecule has 7 heteroatoms. The monoisotopic (exact) mass is 285 g/mol. The lowest BCUT2D eigenvalue weighted by Crippen LogP contribution is -2.51. The summed E-state index contributed by atoms with van der Waals surface area (Å²) in [6.45, 7) is 3.96. The lowest BCUT2D eigenvalue weighted by Gasteiger charge is -2.29. The highest BCUT2D eigenvalue weighted by atomic mass is 16.4. The molecule has 1 rings (SSSR count). The third-order valence-electron chi connectivity index (χ3n) is 3.77. The number of nitrogens with one attached hydrogen (secondary N) is 1. The Bertz CT molecular complexity index is 386. The Kier molecular flexibility index (Phi) is 5.79. The molecule has 114 valence electrons. The molecule has 1 fully saturated rings. The third-order valence-corrected chi connectivity index (χ3v) is 3.77. The first-order valence-corrected chi connectivity index (χ1v) is 6.96. The van der Waals surface area contributed by atoms with E-state index in [9.17, 15) is 14.4 Å². The summed E-state index contributed by atoms with van der Waals surface area (Å²) in [6, 6.07) is -1.21. The maximum absolute atomic E-state index is 12.2. The van der Waals surface area contributed by atoms with Crippen LogP contribution in [-0.4, -0.2) is 46.0 Å². The fourth-order valence-electron chi connectivity index (χ4n) is 2.61. The molecular weight excluding hydrogens is 262 g/mol. The van der Waals surface area contributed by atoms with Gasteiger partial charge in [-0.15, -0.1) is 0 Å². The van der Waals surface area contributed by atoms with Gasteiger partial charge in [-0.05, 0) is 32.6 Å². The highest BCUT2D eigenvalue weighted by Gasteiger charge is 2.34. The Morgan fingerprint density at radius 1 is 1.40 bits per heavy atom. The Morgan fingerprint density at radius 2 is 2.05 bits per heavy atom. The van der Waals surface area contributed by atoms with E-state index in [0.717, 1.165) is 19.3 Å². The van der Waals surface area contributed by atoms with Crippen LogP contribution < -0.4 is 11.1 Å². The predicted octanol–water partition coefficient (Wildman–Crippen LogP) is 0.678. The molecule has 3 atom stereocenters. The summed E-state index contributed by atoms with van der Waals surface area (Å²) in [4.78, 5) is 35.8. The van der Waals surface area contributed by atoms with Crippen molar-refractivity contribution in [3.63, 3.8) is 0 Å². The van der Waals surface area contributed by atoms with Gasteiger partial charge in [0.05, 0.1) is 0 Å². The van der Waals surface area contributed by atoms with Crippen molar-refractivity contribution in [1.82, 2.24) is 10.2 Å². The number of hydrogen-bond donors (Lipinski definition) is 3. The van der Waals surface area contributed by atoms with Crippen LogP contribution in [0.25, 0.3) is 0 Å². The molecule has 0 aromatic heterocycles. The standard InChI is InChI=1S/C13H23N3O4/c1-3-9-5-4-8(2)16(9)13(20)15-10(12(18)19)6-7-11(14)17/h8-10H,3-7H2,1-2H3,(H2,14,17)(H,15,20)(H,18,19). The van der Waals surface area contributed by atoms with Crippen LogP contribution in [0.2, 0.25) is 0 Å². The van der Waals surface area contributed by atoms with E-state index in [1.165, 1.54) is 0 Å². The fraction of sp³-hybridized carbons (Fsp3) is 0.769. The largest absolute Gasteiger partial charge is 0.480 e. The molecule has 7 nitrogen and oxygen atoms in total. The van der Waals surface area contributed by atoms with Gasteiger partial charge in [-0.1, -0.05) is 6.92 Å². The van der Waals surface area contributed by atoms with E-state index in [1.807, 2.05) is 13.8 Å². The van der Waals surface area contributed by atoms with Crippen molar-refractivity contribution >= 4 is 17.9 Å². The predicted molar refractivity (Wildman–Crippen MR) is 73.0 cm³/mol. The minimum absolute atomic E-state index is 0.00934. The summed E-state index contributed by atoms with van der Waals surface area (Å²) in [7, 11) is 0. The highest BCUT2D eigenvalue weighted by Crippen LogP contribution is 2.25. The van der Waals surface area contributed by atoms with Gasteiger partial charge in [-0.3, -0.25) is 4.79 Å². The maximum atomic E-state index is 12.2. The number of carboxylic acids is 1. The molecule has 0 radical (unpaired) electrons. The van der Waals surface area contributed by atoms with E-state index in [-0.39, 0.29) is 31.0 Å². The van der Waals surface area contributed by atoms with Gasteiger partial charge in [-0.25, -0.2) is 9.59 Å². The molecule has 1 saturated heterocycles. The molecule has 0 aliphatic carbocycles. The summed E-state index contributed by atoms with van der Waals surface area (Å²) in [5.74, 6) is -1.73. The number of amides is 3. The average molecular weight is 285 g/mol. The van der Waals surface area contributed by atoms with Crippen LogP contribution in [0.1, 0.15) is 46.0 Å². The van der Waals surface area contributed by atoms with Crippen LogP contribution in [0.15, 0.2) is 0 Å². The minimum atomic E-state index is -1.15. The molecule has 0 aromatic rings. The van der Waals surface area contributed by atoms with Crippen LogP contribution in [0, 0.1) is 0 Å². The summed E-state index contributed by atoms with van der Waals surface area (Å²) < 4.78 is 0. The first-order valence-electron chi connectivity index (χ1n) is 6.96. The lowest BCUT2D eigenvalue weighted by atomic mass is 10.1. The number of nitrogens with zero attached hydrogens (tertiary/aromatic N) is 1. The van der Waals surface area contributed by atoms with Gasteiger partial charge in [0.15, 0.2) is 0 Å². The molecule has 1 heterocycles.